The summed E-state index contributed by atoms with van der Waals surface area (Å²) < 4.78 is 10.9. The number of amides is 1. The Morgan fingerprint density at radius 3 is 1.68 bits per heavy atom. The Hall–Kier alpha value is -4.05. The van der Waals surface area contributed by atoms with E-state index in [0.29, 0.717) is 17.9 Å². The zero-order valence-corrected chi connectivity index (χ0v) is 19.5. The van der Waals surface area contributed by atoms with E-state index in [1.807, 2.05) is 109 Å². The van der Waals surface area contributed by atoms with Crippen LogP contribution in [0, 0.1) is 0 Å². The first-order valence-corrected chi connectivity index (χ1v) is 11.4. The number of methoxy groups -OCH3 is 2. The van der Waals surface area contributed by atoms with Gasteiger partial charge in [0.25, 0.3) is 0 Å². The number of nitrogens with one attached hydrogen (secondary N) is 1. The number of carbonyl (C=O) groups is 1. The van der Waals surface area contributed by atoms with Crippen molar-refractivity contribution in [2.45, 2.75) is 18.4 Å². The molecular formula is C30H29NO3. The maximum absolute atomic E-state index is 13.8. The number of hydrogen-bond acceptors (Lipinski definition) is 3. The fourth-order valence-electron chi connectivity index (χ4n) is 4.22. The first-order valence-electron chi connectivity index (χ1n) is 11.4. The minimum absolute atomic E-state index is 0.0354. The molecule has 0 aliphatic rings. The van der Waals surface area contributed by atoms with Gasteiger partial charge < -0.3 is 14.8 Å². The lowest BCUT2D eigenvalue weighted by molar-refractivity contribution is -0.122. The third-order valence-corrected chi connectivity index (χ3v) is 5.93. The van der Waals surface area contributed by atoms with Gasteiger partial charge in [0.1, 0.15) is 0 Å². The molecule has 0 radical (unpaired) electrons. The van der Waals surface area contributed by atoms with Crippen LogP contribution in [0.3, 0.4) is 0 Å². The van der Waals surface area contributed by atoms with E-state index in [0.717, 1.165) is 22.3 Å². The summed E-state index contributed by atoms with van der Waals surface area (Å²) in [5.74, 6) is 0.912. The summed E-state index contributed by atoms with van der Waals surface area (Å²) in [6, 6.07) is 35.6. The monoisotopic (exact) mass is 451 g/mol. The summed E-state index contributed by atoms with van der Waals surface area (Å²) in [5.41, 5.74) is 4.02. The molecule has 0 fully saturated rings. The fraction of sp³-hybridized carbons (Fsp3) is 0.167. The molecule has 0 heterocycles. The van der Waals surface area contributed by atoms with Gasteiger partial charge in [-0.3, -0.25) is 4.79 Å². The normalized spacial score (nSPS) is 11.6. The maximum atomic E-state index is 13.8. The predicted molar refractivity (Wildman–Crippen MR) is 135 cm³/mol. The number of benzene rings is 4. The highest BCUT2D eigenvalue weighted by atomic mass is 16.5. The summed E-state index contributed by atoms with van der Waals surface area (Å²) in [7, 11) is 3.25. The molecule has 0 spiro atoms. The van der Waals surface area contributed by atoms with Crippen LogP contribution in [0.4, 0.5) is 0 Å². The lowest BCUT2D eigenvalue weighted by Gasteiger charge is -2.24. The van der Waals surface area contributed by atoms with E-state index in [1.54, 1.807) is 14.2 Å². The zero-order chi connectivity index (χ0) is 23.8. The standard InChI is InChI=1S/C30H29NO3/c1-33-27-19-18-22(21-28(27)34-2)20-26(23-12-6-3-7-13-23)31-30(32)29(24-14-8-4-9-15-24)25-16-10-5-11-17-25/h3-19,21,26,29H,20H2,1-2H3,(H,31,32). The third-order valence-electron chi connectivity index (χ3n) is 5.93. The van der Waals surface area contributed by atoms with E-state index in [9.17, 15) is 4.79 Å². The molecule has 4 aromatic carbocycles. The van der Waals surface area contributed by atoms with Crippen LogP contribution in [-0.4, -0.2) is 20.1 Å². The lowest BCUT2D eigenvalue weighted by atomic mass is 9.89. The molecule has 0 aromatic heterocycles. The van der Waals surface area contributed by atoms with Crippen LogP contribution in [-0.2, 0) is 11.2 Å². The van der Waals surface area contributed by atoms with Crippen LogP contribution >= 0.6 is 0 Å². The average Bonchev–Trinajstić information content (AvgIpc) is 2.90. The molecule has 0 aliphatic carbocycles. The van der Waals surface area contributed by atoms with Crippen molar-refractivity contribution in [3.8, 4) is 11.5 Å². The number of carbonyl (C=O) groups excluding carboxylic acids is 1. The molecule has 172 valence electrons. The van der Waals surface area contributed by atoms with Crippen molar-refractivity contribution in [3.63, 3.8) is 0 Å². The Kier molecular flexibility index (Phi) is 7.61. The van der Waals surface area contributed by atoms with Gasteiger partial charge in [-0.2, -0.15) is 0 Å². The quantitative estimate of drug-likeness (QED) is 0.343. The largest absolute Gasteiger partial charge is 0.493 e. The molecule has 4 rings (SSSR count). The third kappa shape index (κ3) is 5.46. The summed E-state index contributed by atoms with van der Waals surface area (Å²) >= 11 is 0. The van der Waals surface area contributed by atoms with Crippen LogP contribution in [0.15, 0.2) is 109 Å². The van der Waals surface area contributed by atoms with Gasteiger partial charge in [-0.1, -0.05) is 97.1 Å². The topological polar surface area (TPSA) is 47.6 Å². The van der Waals surface area contributed by atoms with Gasteiger partial charge in [0.2, 0.25) is 5.91 Å². The van der Waals surface area contributed by atoms with Crippen LogP contribution in [0.25, 0.3) is 0 Å². The molecule has 1 amide bonds. The minimum atomic E-state index is -0.404. The summed E-state index contributed by atoms with van der Waals surface area (Å²) in [6.45, 7) is 0. The molecule has 4 heteroatoms. The van der Waals surface area contributed by atoms with E-state index in [4.69, 9.17) is 9.47 Å². The molecule has 0 saturated heterocycles. The molecule has 1 N–H and O–H groups in total. The van der Waals surface area contributed by atoms with Crippen molar-refractivity contribution in [2.24, 2.45) is 0 Å². The zero-order valence-electron chi connectivity index (χ0n) is 19.5. The molecule has 0 bridgehead atoms. The van der Waals surface area contributed by atoms with Crippen molar-refractivity contribution in [3.05, 3.63) is 131 Å². The molecule has 4 nitrogen and oxygen atoms in total. The molecule has 4 aromatic rings. The lowest BCUT2D eigenvalue weighted by Crippen LogP contribution is -2.34. The van der Waals surface area contributed by atoms with Gasteiger partial charge in [-0.05, 0) is 40.8 Å². The van der Waals surface area contributed by atoms with Gasteiger partial charge in [-0.25, -0.2) is 0 Å². The van der Waals surface area contributed by atoms with Crippen molar-refractivity contribution in [1.82, 2.24) is 5.32 Å². The predicted octanol–water partition coefficient (Wildman–Crippen LogP) is 5.94. The van der Waals surface area contributed by atoms with Crippen LogP contribution in [0.5, 0.6) is 11.5 Å². The molecule has 34 heavy (non-hydrogen) atoms. The Morgan fingerprint density at radius 1 is 0.676 bits per heavy atom. The number of ether oxygens (including phenoxy) is 2. The van der Waals surface area contributed by atoms with E-state index >= 15 is 0 Å². The van der Waals surface area contributed by atoms with Crippen LogP contribution in [0.2, 0.25) is 0 Å². The highest BCUT2D eigenvalue weighted by Gasteiger charge is 2.26. The van der Waals surface area contributed by atoms with Crippen molar-refractivity contribution >= 4 is 5.91 Å². The number of rotatable bonds is 9. The SMILES string of the molecule is COc1ccc(CC(NC(=O)C(c2ccccc2)c2ccccc2)c2ccccc2)cc1OC. The molecular weight excluding hydrogens is 422 g/mol. The number of hydrogen-bond donors (Lipinski definition) is 1. The summed E-state index contributed by atoms with van der Waals surface area (Å²) in [5, 5.41) is 3.33. The fourth-order valence-corrected chi connectivity index (χ4v) is 4.22. The Balaban J connectivity index is 1.66. The maximum Gasteiger partial charge on any atom is 0.232 e. The summed E-state index contributed by atoms with van der Waals surface area (Å²) in [6.07, 6.45) is 0.617. The molecule has 0 saturated carbocycles. The smallest absolute Gasteiger partial charge is 0.232 e. The van der Waals surface area contributed by atoms with Gasteiger partial charge in [0.15, 0.2) is 11.5 Å². The average molecular weight is 452 g/mol. The highest BCUT2D eigenvalue weighted by Crippen LogP contribution is 2.31. The Bertz CT molecular complexity index is 1150. The van der Waals surface area contributed by atoms with Crippen LogP contribution in [0.1, 0.15) is 34.2 Å². The van der Waals surface area contributed by atoms with Crippen LogP contribution < -0.4 is 14.8 Å². The first kappa shape index (κ1) is 23.1. The second-order valence-corrected chi connectivity index (χ2v) is 8.12. The van der Waals surface area contributed by atoms with E-state index < -0.39 is 5.92 Å². The molecule has 0 aliphatic heterocycles. The van der Waals surface area contributed by atoms with Gasteiger partial charge >= 0.3 is 0 Å². The highest BCUT2D eigenvalue weighted by molar-refractivity contribution is 5.87. The van der Waals surface area contributed by atoms with Gasteiger partial charge in [0.05, 0.1) is 26.2 Å². The molecule has 1 unspecified atom stereocenters. The Morgan fingerprint density at radius 2 is 1.18 bits per heavy atom. The Labute approximate surface area is 201 Å². The van der Waals surface area contributed by atoms with E-state index in [2.05, 4.69) is 5.32 Å². The second-order valence-electron chi connectivity index (χ2n) is 8.12. The molecule has 1 atom stereocenters. The van der Waals surface area contributed by atoms with Crippen molar-refractivity contribution in [1.29, 1.82) is 0 Å². The minimum Gasteiger partial charge on any atom is -0.493 e. The van der Waals surface area contributed by atoms with Gasteiger partial charge in [-0.15, -0.1) is 0 Å². The van der Waals surface area contributed by atoms with Crippen molar-refractivity contribution < 1.29 is 14.3 Å². The van der Waals surface area contributed by atoms with E-state index in [-0.39, 0.29) is 11.9 Å². The van der Waals surface area contributed by atoms with E-state index in [1.165, 1.54) is 0 Å². The van der Waals surface area contributed by atoms with Gasteiger partial charge in [0, 0.05) is 0 Å². The second kappa shape index (κ2) is 11.2. The summed E-state index contributed by atoms with van der Waals surface area (Å²) in [4.78, 5) is 13.8. The van der Waals surface area contributed by atoms with Crippen molar-refractivity contribution in [2.75, 3.05) is 14.2 Å². The first-order chi connectivity index (χ1) is 16.7.